The number of benzene rings is 2. The molecular weight excluding hydrogens is 445 g/mol. The molecule has 0 amide bonds. The summed E-state index contributed by atoms with van der Waals surface area (Å²) in [6.07, 6.45) is -4.85. The van der Waals surface area contributed by atoms with Crippen LogP contribution < -0.4 is 0 Å². The zero-order chi connectivity index (χ0) is 19.9. The predicted octanol–water partition coefficient (Wildman–Crippen LogP) is 6.92. The summed E-state index contributed by atoms with van der Waals surface area (Å²) in [4.78, 5) is 7.65. The van der Waals surface area contributed by atoms with Crippen molar-refractivity contribution >= 4 is 57.4 Å². The normalized spacial score (nSPS) is 12.8. The second-order valence-corrected chi connectivity index (χ2v) is 7.10. The number of nitrogens with zero attached hydrogens (tertiary/aromatic N) is 3. The summed E-state index contributed by atoms with van der Waals surface area (Å²) in [6, 6.07) is 8.41. The smallest absolute Gasteiger partial charge is 0.247 e. The molecule has 3 nitrogen and oxygen atoms in total. The third-order valence-electron chi connectivity index (χ3n) is 3.68. The molecule has 27 heavy (non-hydrogen) atoms. The van der Waals surface area contributed by atoms with E-state index in [1.54, 1.807) is 0 Å². The van der Waals surface area contributed by atoms with Crippen molar-refractivity contribution in [1.29, 1.82) is 5.26 Å². The molecule has 0 radical (unpaired) electrons. The van der Waals surface area contributed by atoms with Crippen LogP contribution in [0.1, 0.15) is 22.9 Å². The van der Waals surface area contributed by atoms with Crippen molar-refractivity contribution in [3.8, 4) is 6.07 Å². The van der Waals surface area contributed by atoms with Crippen molar-refractivity contribution in [1.82, 2.24) is 9.97 Å². The Labute approximate surface area is 171 Å². The Morgan fingerprint density at radius 2 is 1.48 bits per heavy atom. The first-order chi connectivity index (χ1) is 12.6. The van der Waals surface area contributed by atoms with E-state index < -0.39 is 23.5 Å². The fourth-order valence-electron chi connectivity index (χ4n) is 2.49. The van der Waals surface area contributed by atoms with Crippen LogP contribution in [0.5, 0.6) is 0 Å². The highest BCUT2D eigenvalue weighted by molar-refractivity contribution is 6.42. The van der Waals surface area contributed by atoms with E-state index in [-0.39, 0.29) is 36.7 Å². The van der Waals surface area contributed by atoms with Gasteiger partial charge in [-0.15, -0.1) is 0 Å². The summed E-state index contributed by atoms with van der Waals surface area (Å²) >= 11 is 23.7. The summed E-state index contributed by atoms with van der Waals surface area (Å²) < 4.78 is 40.8. The minimum atomic E-state index is -4.85. The molecule has 0 fully saturated rings. The maximum atomic E-state index is 13.6. The van der Waals surface area contributed by atoms with E-state index in [0.717, 1.165) is 0 Å². The maximum Gasteiger partial charge on any atom is 0.435 e. The van der Waals surface area contributed by atoms with E-state index in [1.807, 2.05) is 6.07 Å². The van der Waals surface area contributed by atoms with Crippen LogP contribution in [0.2, 0.25) is 20.1 Å². The van der Waals surface area contributed by atoms with E-state index in [0.29, 0.717) is 0 Å². The molecule has 0 aliphatic heterocycles. The van der Waals surface area contributed by atoms with Gasteiger partial charge in [0.05, 0.1) is 32.8 Å². The Bertz CT molecular complexity index is 1090. The van der Waals surface area contributed by atoms with Crippen LogP contribution in [0.4, 0.5) is 13.2 Å². The first-order valence-corrected chi connectivity index (χ1v) is 8.71. The highest BCUT2D eigenvalue weighted by Crippen LogP contribution is 2.39. The Morgan fingerprint density at radius 3 is 2.00 bits per heavy atom. The van der Waals surface area contributed by atoms with Crippen LogP contribution >= 0.6 is 46.4 Å². The van der Waals surface area contributed by atoms with Crippen LogP contribution in [0.25, 0.3) is 11.0 Å². The summed E-state index contributed by atoms with van der Waals surface area (Å²) in [5.41, 5.74) is -1.79. The lowest BCUT2D eigenvalue weighted by Gasteiger charge is -2.17. The number of hydrogen-bond donors (Lipinski definition) is 0. The van der Waals surface area contributed by atoms with Crippen molar-refractivity contribution in [2.45, 2.75) is 12.1 Å². The second kappa shape index (κ2) is 7.33. The van der Waals surface area contributed by atoms with E-state index >= 15 is 0 Å². The zero-order valence-corrected chi connectivity index (χ0v) is 16.0. The van der Waals surface area contributed by atoms with Crippen molar-refractivity contribution < 1.29 is 13.2 Å². The minimum absolute atomic E-state index is 0.0388. The van der Waals surface area contributed by atoms with Gasteiger partial charge in [0, 0.05) is 10.0 Å². The first kappa shape index (κ1) is 20.0. The average molecular weight is 451 g/mol. The molecule has 138 valence electrons. The third-order valence-corrected chi connectivity index (χ3v) is 4.96. The molecule has 10 heteroatoms. The van der Waals surface area contributed by atoms with Crippen molar-refractivity contribution in [3.63, 3.8) is 0 Å². The molecule has 3 aromatic rings. The van der Waals surface area contributed by atoms with Crippen molar-refractivity contribution in [3.05, 3.63) is 67.4 Å². The van der Waals surface area contributed by atoms with Gasteiger partial charge in [-0.05, 0) is 29.8 Å². The summed E-state index contributed by atoms with van der Waals surface area (Å²) in [5.74, 6) is -1.42. The molecule has 1 heterocycles. The number of nitriles is 1. The van der Waals surface area contributed by atoms with Gasteiger partial charge in [-0.2, -0.15) is 18.4 Å². The number of hydrogen-bond acceptors (Lipinski definition) is 3. The number of aromatic nitrogens is 2. The predicted molar refractivity (Wildman–Crippen MR) is 98.5 cm³/mol. The molecule has 3 rings (SSSR count). The Morgan fingerprint density at radius 1 is 0.889 bits per heavy atom. The molecule has 1 atom stereocenters. The lowest BCUT2D eigenvalue weighted by atomic mass is 9.95. The van der Waals surface area contributed by atoms with Gasteiger partial charge in [0.2, 0.25) is 0 Å². The van der Waals surface area contributed by atoms with E-state index in [9.17, 15) is 18.4 Å². The molecule has 2 aromatic carbocycles. The van der Waals surface area contributed by atoms with E-state index in [1.165, 1.54) is 30.3 Å². The van der Waals surface area contributed by atoms with Gasteiger partial charge >= 0.3 is 6.18 Å². The van der Waals surface area contributed by atoms with Gasteiger partial charge in [-0.1, -0.05) is 52.5 Å². The summed E-state index contributed by atoms with van der Waals surface area (Å²) in [6.45, 7) is 0. The quantitative estimate of drug-likeness (QED) is 0.425. The largest absolute Gasteiger partial charge is 0.435 e. The zero-order valence-electron chi connectivity index (χ0n) is 13.0. The molecule has 0 bridgehead atoms. The van der Waals surface area contributed by atoms with Crippen molar-refractivity contribution in [2.24, 2.45) is 0 Å². The molecular formula is C17H6Cl4F3N3. The van der Waals surface area contributed by atoms with Crippen molar-refractivity contribution in [2.75, 3.05) is 0 Å². The molecule has 0 aliphatic rings. The number of fused-ring (bicyclic) bond motifs is 1. The summed E-state index contributed by atoms with van der Waals surface area (Å²) in [5, 5.41) is 10.0. The fraction of sp³-hybridized carbons (Fsp3) is 0.118. The number of halogens is 7. The van der Waals surface area contributed by atoms with Gasteiger partial charge in [0.1, 0.15) is 5.92 Å². The molecule has 0 unspecified atom stereocenters. The standard InChI is InChI=1S/C17H6Cl4F3N3/c18-7-1-2-8(10(19)3-7)9(6-25)15-16(17(22,23)24)27-14-5-12(21)11(20)4-13(14)26-15/h1-5,9H/t9-/m0/s1. The number of rotatable bonds is 2. The van der Waals surface area contributed by atoms with Gasteiger partial charge < -0.3 is 0 Å². The molecule has 0 saturated carbocycles. The molecule has 0 saturated heterocycles. The van der Waals surface area contributed by atoms with Crippen LogP contribution in [0, 0.1) is 11.3 Å². The van der Waals surface area contributed by atoms with Gasteiger partial charge in [0.15, 0.2) is 5.69 Å². The lowest BCUT2D eigenvalue weighted by Crippen LogP contribution is -2.17. The maximum absolute atomic E-state index is 13.6. The second-order valence-electron chi connectivity index (χ2n) is 5.44. The van der Waals surface area contributed by atoms with Gasteiger partial charge in [-0.3, -0.25) is 0 Å². The van der Waals surface area contributed by atoms with Gasteiger partial charge in [0.25, 0.3) is 0 Å². The first-order valence-electron chi connectivity index (χ1n) is 7.20. The van der Waals surface area contributed by atoms with E-state index in [4.69, 9.17) is 46.4 Å². The highest BCUT2D eigenvalue weighted by atomic mass is 35.5. The van der Waals surface area contributed by atoms with Crippen LogP contribution in [-0.2, 0) is 6.18 Å². The van der Waals surface area contributed by atoms with E-state index in [2.05, 4.69) is 9.97 Å². The monoisotopic (exact) mass is 449 g/mol. The Kier molecular flexibility index (Phi) is 5.42. The number of alkyl halides is 3. The minimum Gasteiger partial charge on any atom is -0.247 e. The highest BCUT2D eigenvalue weighted by Gasteiger charge is 2.39. The Hall–Kier alpha value is -1.78. The molecule has 0 spiro atoms. The summed E-state index contributed by atoms with van der Waals surface area (Å²) in [7, 11) is 0. The lowest BCUT2D eigenvalue weighted by molar-refractivity contribution is -0.141. The average Bonchev–Trinajstić information content (AvgIpc) is 2.57. The van der Waals surface area contributed by atoms with Crippen LogP contribution in [0.3, 0.4) is 0 Å². The molecule has 0 aliphatic carbocycles. The third kappa shape index (κ3) is 3.92. The fourth-order valence-corrected chi connectivity index (χ4v) is 3.32. The molecule has 0 N–H and O–H groups in total. The Balaban J connectivity index is 2.33. The van der Waals surface area contributed by atoms with Gasteiger partial charge in [-0.25, -0.2) is 9.97 Å². The SMILES string of the molecule is N#C[C@@H](c1ccc(Cl)cc1Cl)c1nc2cc(Cl)c(Cl)cc2nc1C(F)(F)F. The van der Waals surface area contributed by atoms with Crippen LogP contribution in [0.15, 0.2) is 30.3 Å². The van der Waals surface area contributed by atoms with Crippen LogP contribution in [-0.4, -0.2) is 9.97 Å². The molecule has 1 aromatic heterocycles. The topological polar surface area (TPSA) is 49.6 Å².